The van der Waals surface area contributed by atoms with Crippen LogP contribution in [-0.2, 0) is 0 Å². The van der Waals surface area contributed by atoms with Crippen LogP contribution in [0.4, 0.5) is 11.4 Å². The molecule has 0 radical (unpaired) electrons. The molecule has 4 N–H and O–H groups in total. The predicted molar refractivity (Wildman–Crippen MR) is 61.2 cm³/mol. The fourth-order valence-electron chi connectivity index (χ4n) is 1.23. The van der Waals surface area contributed by atoms with E-state index in [2.05, 4.69) is 5.32 Å². The molecule has 82 valence electrons. The number of hydrogen-bond acceptors (Lipinski definition) is 3. The van der Waals surface area contributed by atoms with Crippen molar-refractivity contribution in [3.05, 3.63) is 23.8 Å². The molecule has 0 aliphatic heterocycles. The van der Waals surface area contributed by atoms with Crippen LogP contribution < -0.4 is 11.1 Å². The van der Waals surface area contributed by atoms with Gasteiger partial charge < -0.3 is 16.2 Å². The van der Waals surface area contributed by atoms with E-state index < -0.39 is 5.97 Å². The smallest absolute Gasteiger partial charge is 0.337 e. The number of benzene rings is 1. The third-order valence-corrected chi connectivity index (χ3v) is 2.29. The summed E-state index contributed by atoms with van der Waals surface area (Å²) in [5.41, 5.74) is 6.83. The average molecular weight is 208 g/mol. The second kappa shape index (κ2) is 4.68. The number of rotatable bonds is 4. The maximum atomic E-state index is 10.9. The summed E-state index contributed by atoms with van der Waals surface area (Å²) in [6.45, 7) is 4.04. The van der Waals surface area contributed by atoms with Gasteiger partial charge in [-0.1, -0.05) is 6.92 Å². The first-order valence-electron chi connectivity index (χ1n) is 4.94. The van der Waals surface area contributed by atoms with Crippen LogP contribution in [0.1, 0.15) is 30.6 Å². The van der Waals surface area contributed by atoms with Crippen molar-refractivity contribution in [2.45, 2.75) is 26.3 Å². The van der Waals surface area contributed by atoms with Crippen LogP contribution in [0.3, 0.4) is 0 Å². The molecule has 0 fully saturated rings. The van der Waals surface area contributed by atoms with Crippen molar-refractivity contribution >= 4 is 17.3 Å². The average Bonchev–Trinajstić information content (AvgIpc) is 2.20. The number of nitrogens with one attached hydrogen (secondary N) is 1. The zero-order chi connectivity index (χ0) is 11.4. The number of hydrogen-bond donors (Lipinski definition) is 3. The van der Waals surface area contributed by atoms with Gasteiger partial charge in [0.05, 0.1) is 5.56 Å². The quantitative estimate of drug-likeness (QED) is 0.663. The molecule has 0 aliphatic carbocycles. The number of aromatic carboxylic acids is 1. The molecule has 0 aliphatic rings. The number of nitrogens with two attached hydrogens (primary N) is 1. The second-order valence-electron chi connectivity index (χ2n) is 3.56. The highest BCUT2D eigenvalue weighted by molar-refractivity contribution is 5.95. The molecule has 1 aromatic rings. The number of carboxylic acid groups (broad SMARTS) is 1. The largest absolute Gasteiger partial charge is 0.478 e. The van der Waals surface area contributed by atoms with Crippen molar-refractivity contribution in [2.24, 2.45) is 0 Å². The van der Waals surface area contributed by atoms with Crippen molar-refractivity contribution < 1.29 is 9.90 Å². The summed E-state index contributed by atoms with van der Waals surface area (Å²) in [6, 6.07) is 5.10. The molecular weight excluding hydrogens is 192 g/mol. The Balaban J connectivity index is 3.01. The zero-order valence-electron chi connectivity index (χ0n) is 8.95. The molecule has 0 amide bonds. The number of carbonyl (C=O) groups is 1. The minimum Gasteiger partial charge on any atom is -0.478 e. The molecule has 0 spiro atoms. The molecule has 1 atom stereocenters. The fourth-order valence-corrected chi connectivity index (χ4v) is 1.23. The van der Waals surface area contributed by atoms with E-state index in [1.807, 2.05) is 13.8 Å². The monoisotopic (exact) mass is 208 g/mol. The molecule has 15 heavy (non-hydrogen) atoms. The van der Waals surface area contributed by atoms with Gasteiger partial charge in [0.25, 0.3) is 0 Å². The van der Waals surface area contributed by atoms with E-state index in [-0.39, 0.29) is 11.6 Å². The first kappa shape index (κ1) is 11.4. The number of anilines is 2. The Labute approximate surface area is 89.1 Å². The Hall–Kier alpha value is -1.71. The normalized spacial score (nSPS) is 12.1. The zero-order valence-corrected chi connectivity index (χ0v) is 8.95. The summed E-state index contributed by atoms with van der Waals surface area (Å²) in [5.74, 6) is -0.965. The predicted octanol–water partition coefficient (Wildman–Crippen LogP) is 2.18. The highest BCUT2D eigenvalue weighted by Gasteiger charge is 2.11. The standard InChI is InChI=1S/C11H16N2O2/c1-3-7(2)13-10-5-4-8(12)6-9(10)11(14)15/h4-7,13H,3,12H2,1-2H3,(H,14,15)/t7-/m0/s1. The van der Waals surface area contributed by atoms with Gasteiger partial charge in [0.15, 0.2) is 0 Å². The summed E-state index contributed by atoms with van der Waals surface area (Å²) in [4.78, 5) is 10.9. The first-order valence-corrected chi connectivity index (χ1v) is 4.94. The lowest BCUT2D eigenvalue weighted by molar-refractivity contribution is 0.0698. The summed E-state index contributed by atoms with van der Waals surface area (Å²) < 4.78 is 0. The molecule has 1 rings (SSSR count). The van der Waals surface area contributed by atoms with Gasteiger partial charge in [-0.2, -0.15) is 0 Å². The summed E-state index contributed by atoms with van der Waals surface area (Å²) in [7, 11) is 0. The molecule has 4 heteroatoms. The third-order valence-electron chi connectivity index (χ3n) is 2.29. The van der Waals surface area contributed by atoms with Crippen molar-refractivity contribution in [3.8, 4) is 0 Å². The SMILES string of the molecule is CC[C@H](C)Nc1ccc(N)cc1C(=O)O. The van der Waals surface area contributed by atoms with E-state index >= 15 is 0 Å². The van der Waals surface area contributed by atoms with Gasteiger partial charge in [0.1, 0.15) is 0 Å². The van der Waals surface area contributed by atoms with Gasteiger partial charge >= 0.3 is 5.97 Å². The molecule has 0 saturated heterocycles. The van der Waals surface area contributed by atoms with Crippen LogP contribution in [-0.4, -0.2) is 17.1 Å². The van der Waals surface area contributed by atoms with Gasteiger partial charge in [-0.25, -0.2) is 4.79 Å². The van der Waals surface area contributed by atoms with E-state index in [1.165, 1.54) is 6.07 Å². The number of nitrogen functional groups attached to an aromatic ring is 1. The van der Waals surface area contributed by atoms with E-state index in [1.54, 1.807) is 12.1 Å². The molecule has 0 heterocycles. The van der Waals surface area contributed by atoms with Crippen molar-refractivity contribution in [1.82, 2.24) is 0 Å². The molecule has 0 saturated carbocycles. The minimum atomic E-state index is -0.965. The third kappa shape index (κ3) is 2.87. The van der Waals surface area contributed by atoms with Crippen molar-refractivity contribution in [3.63, 3.8) is 0 Å². The molecule has 0 aromatic heterocycles. The Bertz CT molecular complexity index is 364. The highest BCUT2D eigenvalue weighted by Crippen LogP contribution is 2.20. The lowest BCUT2D eigenvalue weighted by Crippen LogP contribution is -2.16. The highest BCUT2D eigenvalue weighted by atomic mass is 16.4. The lowest BCUT2D eigenvalue weighted by atomic mass is 10.1. The van der Waals surface area contributed by atoms with Crippen LogP contribution in [0.15, 0.2) is 18.2 Å². The van der Waals surface area contributed by atoms with E-state index in [0.29, 0.717) is 11.4 Å². The van der Waals surface area contributed by atoms with E-state index in [4.69, 9.17) is 10.8 Å². The molecule has 4 nitrogen and oxygen atoms in total. The van der Waals surface area contributed by atoms with Crippen LogP contribution in [0.5, 0.6) is 0 Å². The van der Waals surface area contributed by atoms with Gasteiger partial charge in [0.2, 0.25) is 0 Å². The summed E-state index contributed by atoms with van der Waals surface area (Å²) >= 11 is 0. The summed E-state index contributed by atoms with van der Waals surface area (Å²) in [5, 5.41) is 12.1. The van der Waals surface area contributed by atoms with E-state index in [9.17, 15) is 4.79 Å². The van der Waals surface area contributed by atoms with E-state index in [0.717, 1.165) is 6.42 Å². The van der Waals surface area contributed by atoms with Crippen LogP contribution in [0.25, 0.3) is 0 Å². The first-order chi connectivity index (χ1) is 7.04. The number of carboxylic acids is 1. The van der Waals surface area contributed by atoms with Gasteiger partial charge in [-0.15, -0.1) is 0 Å². The summed E-state index contributed by atoms with van der Waals surface area (Å²) in [6.07, 6.45) is 0.934. The van der Waals surface area contributed by atoms with Gasteiger partial charge in [0, 0.05) is 17.4 Å². The Morgan fingerprint density at radius 3 is 2.80 bits per heavy atom. The van der Waals surface area contributed by atoms with Crippen LogP contribution in [0, 0.1) is 0 Å². The lowest BCUT2D eigenvalue weighted by Gasteiger charge is -2.15. The Morgan fingerprint density at radius 1 is 1.60 bits per heavy atom. The topological polar surface area (TPSA) is 75.3 Å². The minimum absolute atomic E-state index is 0.218. The molecule has 0 bridgehead atoms. The molecule has 0 unspecified atom stereocenters. The second-order valence-corrected chi connectivity index (χ2v) is 3.56. The van der Waals surface area contributed by atoms with Crippen molar-refractivity contribution in [2.75, 3.05) is 11.1 Å². The maximum Gasteiger partial charge on any atom is 0.337 e. The Kier molecular flexibility index (Phi) is 3.55. The van der Waals surface area contributed by atoms with Crippen LogP contribution in [0.2, 0.25) is 0 Å². The van der Waals surface area contributed by atoms with Crippen molar-refractivity contribution in [1.29, 1.82) is 0 Å². The van der Waals surface area contributed by atoms with Gasteiger partial charge in [-0.05, 0) is 31.5 Å². The Morgan fingerprint density at radius 2 is 2.27 bits per heavy atom. The van der Waals surface area contributed by atoms with Gasteiger partial charge in [-0.3, -0.25) is 0 Å². The fraction of sp³-hybridized carbons (Fsp3) is 0.364. The maximum absolute atomic E-state index is 10.9. The molecule has 1 aromatic carbocycles. The van der Waals surface area contributed by atoms with Crippen LogP contribution >= 0.6 is 0 Å². The molecular formula is C11H16N2O2.